The van der Waals surface area contributed by atoms with Gasteiger partial charge in [-0.05, 0) is 30.3 Å². The molecule has 9 heteroatoms. The Morgan fingerprint density at radius 3 is 2.77 bits per heavy atom. The number of ether oxygens (including phenoxy) is 2. The molecule has 3 aromatic rings. The van der Waals surface area contributed by atoms with E-state index < -0.39 is 17.5 Å². The third-order valence-electron chi connectivity index (χ3n) is 3.65. The highest BCUT2D eigenvalue weighted by Crippen LogP contribution is 2.36. The first-order valence-electron chi connectivity index (χ1n) is 7.33. The minimum absolute atomic E-state index is 0.173. The second-order valence-corrected chi connectivity index (χ2v) is 6.57. The number of carbonyl (C=O) groups excluding carboxylic acids is 1. The highest BCUT2D eigenvalue weighted by Gasteiger charge is 2.18. The molecule has 132 valence electrons. The maximum absolute atomic E-state index is 13.3. The molecule has 0 unspecified atom stereocenters. The number of benzene rings is 2. The van der Waals surface area contributed by atoms with E-state index in [4.69, 9.17) is 21.1 Å². The van der Waals surface area contributed by atoms with Crippen molar-refractivity contribution in [2.24, 2.45) is 0 Å². The summed E-state index contributed by atoms with van der Waals surface area (Å²) >= 11 is 7.00. The van der Waals surface area contributed by atoms with Gasteiger partial charge in [0.2, 0.25) is 6.79 Å². The van der Waals surface area contributed by atoms with Gasteiger partial charge in [0.05, 0.1) is 16.3 Å². The molecule has 2 aromatic carbocycles. The normalized spacial score (nSPS) is 12.3. The molecule has 1 N–H and O–H groups in total. The Hall–Kier alpha value is -2.71. The lowest BCUT2D eigenvalue weighted by atomic mass is 10.1. The average molecular weight is 395 g/mol. The van der Waals surface area contributed by atoms with Gasteiger partial charge in [-0.15, -0.1) is 11.3 Å². The Morgan fingerprint density at radius 2 is 1.92 bits per heavy atom. The van der Waals surface area contributed by atoms with Gasteiger partial charge in [-0.3, -0.25) is 10.1 Å². The van der Waals surface area contributed by atoms with Gasteiger partial charge >= 0.3 is 0 Å². The second-order valence-electron chi connectivity index (χ2n) is 5.31. The smallest absolute Gasteiger partial charge is 0.259 e. The Balaban J connectivity index is 1.55. The van der Waals surface area contributed by atoms with Gasteiger partial charge in [-0.25, -0.2) is 13.8 Å². The largest absolute Gasteiger partial charge is 0.454 e. The van der Waals surface area contributed by atoms with Crippen LogP contribution in [0.4, 0.5) is 13.9 Å². The van der Waals surface area contributed by atoms with E-state index in [1.165, 1.54) is 11.3 Å². The highest BCUT2D eigenvalue weighted by atomic mass is 35.5. The standard InChI is InChI=1S/C17H9ClF2N2O3S/c18-10-5-12(20)11(19)4-9(10)16(23)22-17-21-13(6-26-17)8-1-2-14-15(3-8)25-7-24-14/h1-6H,7H2,(H,21,22,23). The van der Waals surface area contributed by atoms with Gasteiger partial charge in [0.25, 0.3) is 5.91 Å². The van der Waals surface area contributed by atoms with E-state index in [1.54, 1.807) is 17.5 Å². The summed E-state index contributed by atoms with van der Waals surface area (Å²) in [5, 5.41) is 4.39. The zero-order valence-corrected chi connectivity index (χ0v) is 14.5. The lowest BCUT2D eigenvalue weighted by Crippen LogP contribution is -2.13. The predicted molar refractivity (Wildman–Crippen MR) is 93.0 cm³/mol. The molecule has 4 rings (SSSR count). The topological polar surface area (TPSA) is 60.5 Å². The lowest BCUT2D eigenvalue weighted by molar-refractivity contribution is 0.102. The number of carbonyl (C=O) groups is 1. The Morgan fingerprint density at radius 1 is 1.15 bits per heavy atom. The molecule has 0 fully saturated rings. The highest BCUT2D eigenvalue weighted by molar-refractivity contribution is 7.14. The zero-order chi connectivity index (χ0) is 18.3. The monoisotopic (exact) mass is 394 g/mol. The van der Waals surface area contributed by atoms with Gasteiger partial charge in [0, 0.05) is 10.9 Å². The van der Waals surface area contributed by atoms with Crippen LogP contribution in [0.3, 0.4) is 0 Å². The van der Waals surface area contributed by atoms with Crippen LogP contribution in [0.5, 0.6) is 11.5 Å². The molecule has 0 bridgehead atoms. The van der Waals surface area contributed by atoms with E-state index in [0.29, 0.717) is 22.3 Å². The van der Waals surface area contributed by atoms with Crippen molar-refractivity contribution in [1.29, 1.82) is 0 Å². The van der Waals surface area contributed by atoms with Gasteiger partial charge < -0.3 is 9.47 Å². The van der Waals surface area contributed by atoms with E-state index in [0.717, 1.165) is 17.7 Å². The number of nitrogens with zero attached hydrogens (tertiary/aromatic N) is 1. The molecule has 26 heavy (non-hydrogen) atoms. The maximum Gasteiger partial charge on any atom is 0.259 e. The first kappa shape index (κ1) is 16.7. The number of aromatic nitrogens is 1. The number of hydrogen-bond acceptors (Lipinski definition) is 5. The van der Waals surface area contributed by atoms with Crippen molar-refractivity contribution in [2.45, 2.75) is 0 Å². The molecule has 0 saturated heterocycles. The number of hydrogen-bond donors (Lipinski definition) is 1. The average Bonchev–Trinajstić information content (AvgIpc) is 3.26. The van der Waals surface area contributed by atoms with Crippen molar-refractivity contribution in [3.8, 4) is 22.8 Å². The quantitative estimate of drug-likeness (QED) is 0.653. The minimum atomic E-state index is -1.15. The van der Waals surface area contributed by atoms with E-state index in [2.05, 4.69) is 10.3 Å². The molecule has 1 aliphatic heterocycles. The number of rotatable bonds is 3. The van der Waals surface area contributed by atoms with E-state index >= 15 is 0 Å². The van der Waals surface area contributed by atoms with Crippen molar-refractivity contribution in [3.63, 3.8) is 0 Å². The number of anilines is 1. The van der Waals surface area contributed by atoms with Crippen molar-refractivity contribution in [2.75, 3.05) is 12.1 Å². The molecular weight excluding hydrogens is 386 g/mol. The molecule has 0 aliphatic carbocycles. The molecule has 2 heterocycles. The van der Waals surface area contributed by atoms with Crippen LogP contribution >= 0.6 is 22.9 Å². The van der Waals surface area contributed by atoms with Crippen LogP contribution in [0.15, 0.2) is 35.7 Å². The summed E-state index contributed by atoms with van der Waals surface area (Å²) in [7, 11) is 0. The fourth-order valence-electron chi connectivity index (χ4n) is 2.38. The SMILES string of the molecule is O=C(Nc1nc(-c2ccc3c(c2)OCO3)cs1)c1cc(F)c(F)cc1Cl. The van der Waals surface area contributed by atoms with Crippen LogP contribution in [0.25, 0.3) is 11.3 Å². The number of fused-ring (bicyclic) bond motifs is 1. The molecule has 0 atom stereocenters. The molecule has 5 nitrogen and oxygen atoms in total. The Bertz CT molecular complexity index is 1030. The van der Waals surface area contributed by atoms with Crippen molar-refractivity contribution < 1.29 is 23.0 Å². The van der Waals surface area contributed by atoms with Gasteiger partial charge in [-0.2, -0.15) is 0 Å². The van der Waals surface area contributed by atoms with Gasteiger partial charge in [0.1, 0.15) is 0 Å². The van der Waals surface area contributed by atoms with Crippen molar-refractivity contribution in [1.82, 2.24) is 4.98 Å². The van der Waals surface area contributed by atoms with Gasteiger partial charge in [-0.1, -0.05) is 11.6 Å². The van der Waals surface area contributed by atoms with Gasteiger partial charge in [0.15, 0.2) is 28.3 Å². The molecule has 1 amide bonds. The van der Waals surface area contributed by atoms with E-state index in [9.17, 15) is 13.6 Å². The summed E-state index contributed by atoms with van der Waals surface area (Å²) in [5.41, 5.74) is 1.24. The molecule has 0 saturated carbocycles. The first-order valence-corrected chi connectivity index (χ1v) is 8.58. The number of thiazole rings is 1. The number of amides is 1. The van der Waals surface area contributed by atoms with Crippen molar-refractivity contribution >= 4 is 34.0 Å². The Kier molecular flexibility index (Phi) is 4.21. The molecular formula is C17H9ClF2N2O3S. The third-order valence-corrected chi connectivity index (χ3v) is 4.72. The first-order chi connectivity index (χ1) is 12.5. The van der Waals surface area contributed by atoms with Crippen LogP contribution in [0.1, 0.15) is 10.4 Å². The van der Waals surface area contributed by atoms with Crippen LogP contribution in [-0.2, 0) is 0 Å². The maximum atomic E-state index is 13.3. The summed E-state index contributed by atoms with van der Waals surface area (Å²) in [4.78, 5) is 16.6. The van der Waals surface area contributed by atoms with Crippen LogP contribution < -0.4 is 14.8 Å². The number of nitrogens with one attached hydrogen (secondary N) is 1. The third kappa shape index (κ3) is 3.09. The van der Waals surface area contributed by atoms with Crippen LogP contribution in [0, 0.1) is 11.6 Å². The molecule has 0 spiro atoms. The second kappa shape index (κ2) is 6.54. The van der Waals surface area contributed by atoms with E-state index in [1.807, 2.05) is 6.07 Å². The lowest BCUT2D eigenvalue weighted by Gasteiger charge is -2.05. The fraction of sp³-hybridized carbons (Fsp3) is 0.0588. The number of halogens is 3. The predicted octanol–water partition coefficient (Wildman–Crippen LogP) is 4.72. The van der Waals surface area contributed by atoms with Crippen molar-refractivity contribution in [3.05, 3.63) is 57.9 Å². The fourth-order valence-corrected chi connectivity index (χ4v) is 3.33. The molecule has 1 aliphatic rings. The molecule has 1 aromatic heterocycles. The summed E-state index contributed by atoms with van der Waals surface area (Å²) in [5.74, 6) is -1.67. The summed E-state index contributed by atoms with van der Waals surface area (Å²) in [6, 6.07) is 6.89. The Labute approximate surface area is 155 Å². The van der Waals surface area contributed by atoms with Crippen LogP contribution in [0.2, 0.25) is 5.02 Å². The van der Waals surface area contributed by atoms with E-state index in [-0.39, 0.29) is 17.4 Å². The van der Waals surface area contributed by atoms with Crippen LogP contribution in [-0.4, -0.2) is 17.7 Å². The summed E-state index contributed by atoms with van der Waals surface area (Å²) in [6.45, 7) is 0.173. The summed E-state index contributed by atoms with van der Waals surface area (Å²) in [6.07, 6.45) is 0. The minimum Gasteiger partial charge on any atom is -0.454 e. The molecule has 0 radical (unpaired) electrons. The summed E-state index contributed by atoms with van der Waals surface area (Å²) < 4.78 is 37.0. The zero-order valence-electron chi connectivity index (χ0n) is 12.9.